The number of hydrogen-bond donors (Lipinski definition) is 3. The molecular weight excluding hydrogens is 385 g/mol. The second-order valence-corrected chi connectivity index (χ2v) is 5.98. The van der Waals surface area contributed by atoms with E-state index in [2.05, 4.69) is 17.1 Å². The number of amidine groups is 1. The maximum Gasteiger partial charge on any atom is 0.416 e. The number of aliphatic hydroxyl groups excluding tert-OH is 1. The van der Waals surface area contributed by atoms with Crippen molar-refractivity contribution >= 4 is 17.4 Å². The molecule has 3 rings (SSSR count). The van der Waals surface area contributed by atoms with Gasteiger partial charge in [0.05, 0.1) is 25.0 Å². The Morgan fingerprint density at radius 2 is 1.93 bits per heavy atom. The van der Waals surface area contributed by atoms with E-state index in [1.54, 1.807) is 4.90 Å². The minimum atomic E-state index is -4.33. The van der Waals surface area contributed by atoms with Gasteiger partial charge in [0.15, 0.2) is 0 Å². The van der Waals surface area contributed by atoms with Crippen molar-refractivity contribution in [1.29, 1.82) is 5.41 Å². The Morgan fingerprint density at radius 1 is 1.24 bits per heavy atom. The topological polar surface area (TPSA) is 80.9 Å². The summed E-state index contributed by atoms with van der Waals surface area (Å²) >= 11 is 0. The van der Waals surface area contributed by atoms with Crippen LogP contribution in [0, 0.1) is 5.41 Å². The quantitative estimate of drug-likeness (QED) is 0.672. The van der Waals surface area contributed by atoms with Crippen LogP contribution in [0.2, 0.25) is 0 Å². The molecule has 6 nitrogen and oxygen atoms in total. The van der Waals surface area contributed by atoms with Gasteiger partial charge in [0, 0.05) is 11.3 Å². The Labute approximate surface area is 166 Å². The normalized spacial score (nSPS) is 13.2. The van der Waals surface area contributed by atoms with Crippen molar-refractivity contribution in [3.8, 4) is 0 Å². The highest BCUT2D eigenvalue weighted by molar-refractivity contribution is 5.97. The average molecular weight is 406 g/mol. The minimum absolute atomic E-state index is 0.0447. The summed E-state index contributed by atoms with van der Waals surface area (Å²) in [6, 6.07) is 12.6. The van der Waals surface area contributed by atoms with Crippen LogP contribution in [0.25, 0.3) is 0 Å². The third-order valence-electron chi connectivity index (χ3n) is 3.95. The summed E-state index contributed by atoms with van der Waals surface area (Å²) in [6.07, 6.45) is -4.33. The lowest BCUT2D eigenvalue weighted by Gasteiger charge is -2.21. The number of methoxy groups -OCH3 is 1. The van der Waals surface area contributed by atoms with Crippen LogP contribution in [0.15, 0.2) is 66.0 Å². The molecule has 1 aliphatic rings. The molecule has 1 heterocycles. The maximum absolute atomic E-state index is 12.2. The Balaban J connectivity index is 0.000000212. The van der Waals surface area contributed by atoms with Crippen molar-refractivity contribution in [1.82, 2.24) is 5.43 Å². The van der Waals surface area contributed by atoms with E-state index in [1.807, 2.05) is 24.3 Å². The molecule has 0 atom stereocenters. The van der Waals surface area contributed by atoms with E-state index in [0.717, 1.165) is 23.4 Å². The summed E-state index contributed by atoms with van der Waals surface area (Å²) in [7, 11) is 1.54. The number of aliphatic hydroxyl groups is 1. The van der Waals surface area contributed by atoms with Crippen molar-refractivity contribution in [3.63, 3.8) is 0 Å². The van der Waals surface area contributed by atoms with Crippen LogP contribution in [-0.2, 0) is 17.5 Å². The van der Waals surface area contributed by atoms with Gasteiger partial charge in [0.2, 0.25) is 0 Å². The molecule has 1 aliphatic heterocycles. The molecule has 0 spiro atoms. The number of hydrazone groups is 1. The van der Waals surface area contributed by atoms with Crippen molar-refractivity contribution in [2.75, 3.05) is 12.0 Å². The van der Waals surface area contributed by atoms with Gasteiger partial charge < -0.3 is 15.3 Å². The minimum Gasteiger partial charge on any atom is -0.467 e. The number of alkyl halides is 3. The monoisotopic (exact) mass is 406 g/mol. The van der Waals surface area contributed by atoms with Crippen LogP contribution < -0.4 is 10.3 Å². The molecule has 0 aromatic heterocycles. The summed E-state index contributed by atoms with van der Waals surface area (Å²) in [5, 5.41) is 20.4. The summed E-state index contributed by atoms with van der Waals surface area (Å²) in [6.45, 7) is 5.23. The van der Waals surface area contributed by atoms with Crippen LogP contribution in [0.1, 0.15) is 23.6 Å². The number of rotatable bonds is 3. The van der Waals surface area contributed by atoms with E-state index >= 15 is 0 Å². The van der Waals surface area contributed by atoms with Gasteiger partial charge in [-0.25, -0.2) is 4.90 Å². The lowest BCUT2D eigenvalue weighted by atomic mass is 10.1. The smallest absolute Gasteiger partial charge is 0.416 e. The molecule has 3 N–H and O–H groups in total. The highest BCUT2D eigenvalue weighted by Gasteiger charge is 2.30. The first-order chi connectivity index (χ1) is 13.7. The van der Waals surface area contributed by atoms with Gasteiger partial charge >= 0.3 is 12.2 Å². The molecule has 2 aromatic rings. The fourth-order valence-electron chi connectivity index (χ4n) is 2.50. The van der Waals surface area contributed by atoms with Crippen molar-refractivity contribution in [2.45, 2.75) is 19.7 Å². The molecular formula is C20H21F3N4O2. The molecule has 0 bridgehead atoms. The molecule has 9 heteroatoms. The van der Waals surface area contributed by atoms with Gasteiger partial charge in [-0.1, -0.05) is 36.9 Å². The Bertz CT molecular complexity index is 926. The van der Waals surface area contributed by atoms with Gasteiger partial charge in [-0.3, -0.25) is 5.43 Å². The summed E-state index contributed by atoms with van der Waals surface area (Å²) in [5.41, 5.74) is 4.05. The molecule has 0 aliphatic carbocycles. The Kier molecular flexibility index (Phi) is 7.00. The van der Waals surface area contributed by atoms with Crippen LogP contribution in [0.4, 0.5) is 18.9 Å². The second-order valence-electron chi connectivity index (χ2n) is 5.98. The van der Waals surface area contributed by atoms with E-state index in [-0.39, 0.29) is 12.3 Å². The number of ether oxygens (including phenoxy) is 1. The summed E-state index contributed by atoms with van der Waals surface area (Å²) in [4.78, 5) is 1.71. The first kappa shape index (κ1) is 22.0. The zero-order valence-electron chi connectivity index (χ0n) is 15.9. The fourth-order valence-corrected chi connectivity index (χ4v) is 2.50. The van der Waals surface area contributed by atoms with Crippen LogP contribution in [0.5, 0.6) is 0 Å². The molecule has 2 aromatic carbocycles. The van der Waals surface area contributed by atoms with Gasteiger partial charge in [-0.2, -0.15) is 13.2 Å². The second kappa shape index (κ2) is 9.24. The van der Waals surface area contributed by atoms with Gasteiger partial charge in [0.1, 0.15) is 5.82 Å². The van der Waals surface area contributed by atoms with E-state index < -0.39 is 11.7 Å². The maximum atomic E-state index is 12.2. The number of hydrogen-bond acceptors (Lipinski definition) is 6. The molecule has 0 unspecified atom stereocenters. The largest absolute Gasteiger partial charge is 0.467 e. The highest BCUT2D eigenvalue weighted by Crippen LogP contribution is 2.29. The number of nitrogens with one attached hydrogen (secondary N) is 2. The number of halogens is 3. The number of anilines is 1. The predicted molar refractivity (Wildman–Crippen MR) is 106 cm³/mol. The average Bonchev–Trinajstić information content (AvgIpc) is 3.08. The molecule has 0 radical (unpaired) electrons. The van der Waals surface area contributed by atoms with Gasteiger partial charge in [0.25, 0.3) is 0 Å². The third-order valence-corrected chi connectivity index (χ3v) is 3.95. The summed E-state index contributed by atoms with van der Waals surface area (Å²) in [5.74, 6) is 0.595. The Morgan fingerprint density at radius 3 is 2.52 bits per heavy atom. The number of nitrogens with zero attached hydrogens (tertiary/aromatic N) is 2. The zero-order valence-corrected chi connectivity index (χ0v) is 15.9. The predicted octanol–water partition coefficient (Wildman–Crippen LogP) is 4.07. The van der Waals surface area contributed by atoms with Crippen molar-refractivity contribution in [3.05, 3.63) is 77.6 Å². The van der Waals surface area contributed by atoms with E-state index in [1.165, 1.54) is 26.2 Å². The van der Waals surface area contributed by atoms with Crippen LogP contribution in [-0.4, -0.2) is 23.9 Å². The molecule has 154 valence electrons. The Hall–Kier alpha value is -3.33. The van der Waals surface area contributed by atoms with Crippen molar-refractivity contribution in [2.24, 2.45) is 5.10 Å². The van der Waals surface area contributed by atoms with Crippen LogP contribution >= 0.6 is 0 Å². The molecule has 0 amide bonds. The van der Waals surface area contributed by atoms with Crippen molar-refractivity contribution < 1.29 is 23.0 Å². The SMILES string of the molecule is C=C1NN=C(OC)N1c1ccccc1CO.CC(=N)c1cccc(C(F)(F)F)c1. The third kappa shape index (κ3) is 5.35. The van der Waals surface area contributed by atoms with E-state index in [0.29, 0.717) is 17.4 Å². The molecule has 0 saturated carbocycles. The molecule has 0 fully saturated rings. The lowest BCUT2D eigenvalue weighted by Crippen LogP contribution is -2.28. The van der Waals surface area contributed by atoms with E-state index in [9.17, 15) is 18.3 Å². The zero-order chi connectivity index (χ0) is 21.6. The molecule has 0 saturated heterocycles. The number of benzene rings is 2. The number of para-hydroxylation sites is 1. The molecule has 29 heavy (non-hydrogen) atoms. The lowest BCUT2D eigenvalue weighted by molar-refractivity contribution is -0.137. The van der Waals surface area contributed by atoms with Gasteiger partial charge in [-0.15, -0.1) is 5.10 Å². The fraction of sp³-hybridized carbons (Fsp3) is 0.200. The van der Waals surface area contributed by atoms with Crippen LogP contribution in [0.3, 0.4) is 0 Å². The first-order valence-corrected chi connectivity index (χ1v) is 8.47. The van der Waals surface area contributed by atoms with E-state index in [4.69, 9.17) is 10.1 Å². The standard InChI is InChI=1S/C11H13N3O2.C9H8F3N/c1-8-12-13-11(16-2)14(8)10-6-4-3-5-9(10)7-15;1-6(13)7-3-2-4-8(5-7)9(10,11)12/h3-6,12,15H,1,7H2,2H3;2-5,13H,1H3. The first-order valence-electron chi connectivity index (χ1n) is 8.47. The van der Waals surface area contributed by atoms with Gasteiger partial charge in [-0.05, 0) is 30.7 Å². The highest BCUT2D eigenvalue weighted by atomic mass is 19.4. The summed E-state index contributed by atoms with van der Waals surface area (Å²) < 4.78 is 41.6.